The van der Waals surface area contributed by atoms with Gasteiger partial charge >= 0.3 is 12.1 Å². The first-order chi connectivity index (χ1) is 15.4. The number of aliphatic carboxylic acids is 1. The van der Waals surface area contributed by atoms with Crippen LogP contribution < -0.4 is 10.6 Å². The van der Waals surface area contributed by atoms with E-state index in [9.17, 15) is 14.4 Å². The number of rotatable bonds is 10. The number of carboxylic acids is 1. The minimum atomic E-state index is -0.981. The number of hydrogen-bond donors (Lipinski definition) is 3. The van der Waals surface area contributed by atoms with Crippen LogP contribution in [0.15, 0.2) is 48.5 Å². The fraction of sp³-hybridized carbons (Fsp3) is 0.375. The maximum Gasteiger partial charge on any atom is 0.407 e. The van der Waals surface area contributed by atoms with Crippen molar-refractivity contribution in [2.75, 3.05) is 26.8 Å². The highest BCUT2D eigenvalue weighted by Gasteiger charge is 2.29. The third kappa shape index (κ3) is 5.64. The van der Waals surface area contributed by atoms with E-state index in [1.165, 1.54) is 14.0 Å². The Kier molecular flexibility index (Phi) is 7.83. The molecule has 0 saturated carbocycles. The average Bonchev–Trinajstić information content (AvgIpc) is 3.12. The van der Waals surface area contributed by atoms with Gasteiger partial charge in [0.25, 0.3) is 0 Å². The molecule has 0 spiro atoms. The second-order valence-electron chi connectivity index (χ2n) is 7.81. The number of nitrogens with one attached hydrogen (secondary N) is 2. The van der Waals surface area contributed by atoms with E-state index < -0.39 is 24.1 Å². The summed E-state index contributed by atoms with van der Waals surface area (Å²) >= 11 is 0. The fourth-order valence-corrected chi connectivity index (χ4v) is 3.72. The van der Waals surface area contributed by atoms with Gasteiger partial charge in [-0.2, -0.15) is 0 Å². The van der Waals surface area contributed by atoms with Crippen molar-refractivity contribution in [2.24, 2.45) is 5.92 Å². The molecular formula is C24H28N2O6. The summed E-state index contributed by atoms with van der Waals surface area (Å²) in [7, 11) is 1.44. The standard InChI is InChI=1S/C24H28N2O6/c1-15(23(28)29)12-25-22(27)11-16(31-2)13-26-24(30)32-14-21-19-9-5-3-7-17(19)18-8-4-6-10-20(18)21/h3-10,15-16,21H,11-14H2,1-2H3,(H,25,27)(H,26,30)(H,28,29). The molecule has 1 aliphatic carbocycles. The zero-order chi connectivity index (χ0) is 23.1. The van der Waals surface area contributed by atoms with E-state index >= 15 is 0 Å². The van der Waals surface area contributed by atoms with E-state index in [0.717, 1.165) is 22.3 Å². The first-order valence-electron chi connectivity index (χ1n) is 10.5. The van der Waals surface area contributed by atoms with Crippen LogP contribution in [0, 0.1) is 5.92 Å². The fourth-order valence-electron chi connectivity index (χ4n) is 3.72. The maximum absolute atomic E-state index is 12.3. The van der Waals surface area contributed by atoms with Crippen LogP contribution in [0.2, 0.25) is 0 Å². The number of methoxy groups -OCH3 is 1. The molecule has 2 atom stereocenters. The Morgan fingerprint density at radius 2 is 1.56 bits per heavy atom. The molecule has 0 bridgehead atoms. The number of carboxylic acid groups (broad SMARTS) is 1. The zero-order valence-electron chi connectivity index (χ0n) is 18.2. The molecule has 0 aromatic heterocycles. The number of fused-ring (bicyclic) bond motifs is 3. The molecule has 0 saturated heterocycles. The minimum absolute atomic E-state index is 0.00745. The predicted molar refractivity (Wildman–Crippen MR) is 118 cm³/mol. The molecule has 2 aromatic rings. The summed E-state index contributed by atoms with van der Waals surface area (Å²) in [5, 5.41) is 14.1. The van der Waals surface area contributed by atoms with Gasteiger partial charge in [0, 0.05) is 26.1 Å². The van der Waals surface area contributed by atoms with E-state index in [-0.39, 0.29) is 37.9 Å². The van der Waals surface area contributed by atoms with Crippen LogP contribution in [0.3, 0.4) is 0 Å². The number of carbonyl (C=O) groups excluding carboxylic acids is 2. The molecule has 2 unspecified atom stereocenters. The molecule has 8 heteroatoms. The molecule has 1 aliphatic rings. The molecule has 170 valence electrons. The summed E-state index contributed by atoms with van der Waals surface area (Å²) in [5.74, 6) is -2.04. The molecule has 3 N–H and O–H groups in total. The van der Waals surface area contributed by atoms with Gasteiger partial charge in [0.1, 0.15) is 6.61 Å². The van der Waals surface area contributed by atoms with Crippen LogP contribution >= 0.6 is 0 Å². The Labute approximate surface area is 186 Å². The highest BCUT2D eigenvalue weighted by Crippen LogP contribution is 2.44. The van der Waals surface area contributed by atoms with Crippen LogP contribution in [0.25, 0.3) is 11.1 Å². The molecule has 8 nitrogen and oxygen atoms in total. The van der Waals surface area contributed by atoms with Gasteiger partial charge in [0.05, 0.1) is 18.4 Å². The van der Waals surface area contributed by atoms with E-state index in [4.69, 9.17) is 14.6 Å². The molecule has 0 fully saturated rings. The topological polar surface area (TPSA) is 114 Å². The largest absolute Gasteiger partial charge is 0.481 e. The normalized spacial score (nSPS) is 14.1. The lowest BCUT2D eigenvalue weighted by molar-refractivity contribution is -0.141. The monoisotopic (exact) mass is 440 g/mol. The second kappa shape index (κ2) is 10.8. The molecule has 32 heavy (non-hydrogen) atoms. The molecule has 3 rings (SSSR count). The van der Waals surface area contributed by atoms with Crippen LogP contribution in [0.5, 0.6) is 0 Å². The van der Waals surface area contributed by atoms with Crippen molar-refractivity contribution in [3.8, 4) is 11.1 Å². The Morgan fingerprint density at radius 3 is 2.12 bits per heavy atom. The van der Waals surface area contributed by atoms with Gasteiger partial charge in [-0.3, -0.25) is 9.59 Å². The van der Waals surface area contributed by atoms with E-state index in [1.807, 2.05) is 36.4 Å². The summed E-state index contributed by atoms with van der Waals surface area (Å²) in [4.78, 5) is 35.1. The lowest BCUT2D eigenvalue weighted by Crippen LogP contribution is -2.39. The lowest BCUT2D eigenvalue weighted by atomic mass is 9.98. The number of hydrogen-bond acceptors (Lipinski definition) is 5. The van der Waals surface area contributed by atoms with E-state index in [2.05, 4.69) is 22.8 Å². The van der Waals surface area contributed by atoms with Gasteiger partial charge in [0.15, 0.2) is 0 Å². The van der Waals surface area contributed by atoms with Crippen LogP contribution in [0.4, 0.5) is 4.79 Å². The van der Waals surface area contributed by atoms with Gasteiger partial charge in [-0.05, 0) is 22.3 Å². The lowest BCUT2D eigenvalue weighted by Gasteiger charge is -2.18. The highest BCUT2D eigenvalue weighted by molar-refractivity contribution is 5.79. The molecule has 2 amide bonds. The quantitative estimate of drug-likeness (QED) is 0.524. The predicted octanol–water partition coefficient (Wildman–Crippen LogP) is 2.77. The van der Waals surface area contributed by atoms with Crippen molar-refractivity contribution in [1.29, 1.82) is 0 Å². The molecular weight excluding hydrogens is 412 g/mol. The molecule has 0 heterocycles. The third-order valence-corrected chi connectivity index (χ3v) is 5.59. The van der Waals surface area contributed by atoms with Gasteiger partial charge in [0.2, 0.25) is 5.91 Å². The van der Waals surface area contributed by atoms with Crippen molar-refractivity contribution < 1.29 is 29.0 Å². The number of benzene rings is 2. The summed E-state index contributed by atoms with van der Waals surface area (Å²) in [6.07, 6.45) is -1.16. The van der Waals surface area contributed by atoms with Gasteiger partial charge in [-0.25, -0.2) is 4.79 Å². The maximum atomic E-state index is 12.3. The van der Waals surface area contributed by atoms with E-state index in [0.29, 0.717) is 0 Å². The number of amides is 2. The Bertz CT molecular complexity index is 931. The first kappa shape index (κ1) is 23.3. The van der Waals surface area contributed by atoms with Crippen molar-refractivity contribution in [1.82, 2.24) is 10.6 Å². The van der Waals surface area contributed by atoms with Crippen LogP contribution in [-0.2, 0) is 19.1 Å². The van der Waals surface area contributed by atoms with Gasteiger partial charge < -0.3 is 25.2 Å². The van der Waals surface area contributed by atoms with Crippen molar-refractivity contribution in [2.45, 2.75) is 25.4 Å². The summed E-state index contributed by atoms with van der Waals surface area (Å²) in [5.41, 5.74) is 4.56. The van der Waals surface area contributed by atoms with Gasteiger partial charge in [-0.15, -0.1) is 0 Å². The number of ether oxygens (including phenoxy) is 2. The minimum Gasteiger partial charge on any atom is -0.481 e. The Balaban J connectivity index is 1.48. The SMILES string of the molecule is COC(CNC(=O)OCC1c2ccccc2-c2ccccc21)CC(=O)NCC(C)C(=O)O. The number of carbonyl (C=O) groups is 3. The van der Waals surface area contributed by atoms with Crippen LogP contribution in [0.1, 0.15) is 30.4 Å². The molecule has 0 radical (unpaired) electrons. The van der Waals surface area contributed by atoms with Crippen LogP contribution in [-0.4, -0.2) is 56.0 Å². The molecule has 2 aromatic carbocycles. The van der Waals surface area contributed by atoms with Crippen molar-refractivity contribution >= 4 is 18.0 Å². The number of alkyl carbamates (subject to hydrolysis) is 1. The highest BCUT2D eigenvalue weighted by atomic mass is 16.5. The Hall–Kier alpha value is -3.39. The first-order valence-corrected chi connectivity index (χ1v) is 10.5. The van der Waals surface area contributed by atoms with E-state index in [1.54, 1.807) is 0 Å². The second-order valence-corrected chi connectivity index (χ2v) is 7.81. The zero-order valence-corrected chi connectivity index (χ0v) is 18.2. The summed E-state index contributed by atoms with van der Waals surface area (Å²) in [6.45, 7) is 1.83. The summed E-state index contributed by atoms with van der Waals surface area (Å²) < 4.78 is 10.7. The molecule has 0 aliphatic heterocycles. The van der Waals surface area contributed by atoms with Crippen molar-refractivity contribution in [3.63, 3.8) is 0 Å². The third-order valence-electron chi connectivity index (χ3n) is 5.59. The van der Waals surface area contributed by atoms with Gasteiger partial charge in [-0.1, -0.05) is 55.5 Å². The average molecular weight is 440 g/mol. The smallest absolute Gasteiger partial charge is 0.407 e. The van der Waals surface area contributed by atoms with Crippen molar-refractivity contribution in [3.05, 3.63) is 59.7 Å². The Morgan fingerprint density at radius 1 is 0.969 bits per heavy atom. The summed E-state index contributed by atoms with van der Waals surface area (Å²) in [6, 6.07) is 16.2.